The zero-order chi connectivity index (χ0) is 13.5. The maximum Gasteiger partial charge on any atom is 0.0464 e. The summed E-state index contributed by atoms with van der Waals surface area (Å²) < 4.78 is 0. The second-order valence-electron chi connectivity index (χ2n) is 5.61. The summed E-state index contributed by atoms with van der Waals surface area (Å²) in [6, 6.07) is 14.9. The van der Waals surface area contributed by atoms with Gasteiger partial charge in [-0.3, -0.25) is 0 Å². The van der Waals surface area contributed by atoms with Crippen molar-refractivity contribution in [2.24, 2.45) is 0 Å². The summed E-state index contributed by atoms with van der Waals surface area (Å²) in [4.78, 5) is 3.54. The molecule has 3 aromatic rings. The SMILES string of the molecule is Clc1ccc(-c2cc3cc4c(cc3[nH]2)CCCC4)cc1. The molecule has 0 amide bonds. The lowest BCUT2D eigenvalue weighted by Gasteiger charge is -2.15. The molecule has 20 heavy (non-hydrogen) atoms. The Kier molecular flexibility index (Phi) is 2.82. The molecule has 0 spiro atoms. The number of halogens is 1. The van der Waals surface area contributed by atoms with Crippen molar-refractivity contribution in [3.05, 3.63) is 58.6 Å². The molecule has 2 aromatic carbocycles. The maximum atomic E-state index is 5.95. The predicted molar refractivity (Wildman–Crippen MR) is 85.4 cm³/mol. The minimum atomic E-state index is 0.778. The molecule has 0 saturated heterocycles. The highest BCUT2D eigenvalue weighted by Crippen LogP contribution is 2.30. The molecule has 2 heteroatoms. The fourth-order valence-electron chi connectivity index (χ4n) is 3.15. The molecule has 1 N–H and O–H groups in total. The first-order chi connectivity index (χ1) is 9.79. The highest BCUT2D eigenvalue weighted by Gasteiger charge is 2.12. The largest absolute Gasteiger partial charge is 0.355 e. The molecule has 4 rings (SSSR count). The van der Waals surface area contributed by atoms with Gasteiger partial charge in [-0.05, 0) is 72.7 Å². The van der Waals surface area contributed by atoms with Crippen LogP contribution in [0.15, 0.2) is 42.5 Å². The Morgan fingerprint density at radius 2 is 1.55 bits per heavy atom. The third-order valence-corrected chi connectivity index (χ3v) is 4.49. The van der Waals surface area contributed by atoms with Crippen LogP contribution < -0.4 is 0 Å². The highest BCUT2D eigenvalue weighted by molar-refractivity contribution is 6.30. The van der Waals surface area contributed by atoms with E-state index in [1.807, 2.05) is 12.1 Å². The minimum Gasteiger partial charge on any atom is -0.355 e. The third-order valence-electron chi connectivity index (χ3n) is 4.24. The quantitative estimate of drug-likeness (QED) is 0.617. The van der Waals surface area contributed by atoms with Crippen LogP contribution in [0.1, 0.15) is 24.0 Å². The number of aryl methyl sites for hydroxylation is 2. The number of benzene rings is 2. The number of hydrogen-bond donors (Lipinski definition) is 1. The van der Waals surface area contributed by atoms with Gasteiger partial charge in [-0.25, -0.2) is 0 Å². The number of hydrogen-bond acceptors (Lipinski definition) is 0. The van der Waals surface area contributed by atoms with Gasteiger partial charge < -0.3 is 4.98 Å². The lowest BCUT2D eigenvalue weighted by molar-refractivity contribution is 0.687. The zero-order valence-corrected chi connectivity index (χ0v) is 12.0. The van der Waals surface area contributed by atoms with Crippen LogP contribution in [0, 0.1) is 0 Å². The van der Waals surface area contributed by atoms with Gasteiger partial charge >= 0.3 is 0 Å². The van der Waals surface area contributed by atoms with Crippen LogP contribution in [0.3, 0.4) is 0 Å². The van der Waals surface area contributed by atoms with Crippen LogP contribution >= 0.6 is 11.6 Å². The minimum absolute atomic E-state index is 0.778. The van der Waals surface area contributed by atoms with Gasteiger partial charge in [-0.15, -0.1) is 0 Å². The van der Waals surface area contributed by atoms with E-state index in [1.54, 1.807) is 0 Å². The normalized spacial score (nSPS) is 14.4. The summed E-state index contributed by atoms with van der Waals surface area (Å²) in [7, 11) is 0. The first kappa shape index (κ1) is 12.0. The molecule has 100 valence electrons. The van der Waals surface area contributed by atoms with Crippen LogP contribution in [-0.4, -0.2) is 4.98 Å². The first-order valence-corrected chi connectivity index (χ1v) is 7.58. The summed E-state index contributed by atoms with van der Waals surface area (Å²) in [6.07, 6.45) is 5.10. The first-order valence-electron chi connectivity index (χ1n) is 7.20. The van der Waals surface area contributed by atoms with E-state index in [0.717, 1.165) is 5.02 Å². The lowest BCUT2D eigenvalue weighted by atomic mass is 9.91. The molecule has 1 nitrogen and oxygen atoms in total. The average Bonchev–Trinajstić information content (AvgIpc) is 2.88. The van der Waals surface area contributed by atoms with E-state index in [2.05, 4.69) is 35.3 Å². The Morgan fingerprint density at radius 1 is 0.850 bits per heavy atom. The molecule has 0 bridgehead atoms. The third kappa shape index (κ3) is 2.03. The van der Waals surface area contributed by atoms with Gasteiger partial charge in [-0.1, -0.05) is 23.7 Å². The van der Waals surface area contributed by atoms with Crippen molar-refractivity contribution in [2.45, 2.75) is 25.7 Å². The molecule has 0 unspecified atom stereocenters. The number of rotatable bonds is 1. The van der Waals surface area contributed by atoms with Crippen molar-refractivity contribution in [1.82, 2.24) is 4.98 Å². The van der Waals surface area contributed by atoms with Gasteiger partial charge in [0.25, 0.3) is 0 Å². The summed E-state index contributed by atoms with van der Waals surface area (Å²) in [6.45, 7) is 0. The van der Waals surface area contributed by atoms with Crippen molar-refractivity contribution >= 4 is 22.5 Å². The van der Waals surface area contributed by atoms with E-state index in [-0.39, 0.29) is 0 Å². The molecular weight excluding hydrogens is 266 g/mol. The van der Waals surface area contributed by atoms with E-state index in [0.29, 0.717) is 0 Å². The van der Waals surface area contributed by atoms with Gasteiger partial charge in [0.1, 0.15) is 0 Å². The zero-order valence-electron chi connectivity index (χ0n) is 11.2. The maximum absolute atomic E-state index is 5.95. The van der Waals surface area contributed by atoms with Crippen LogP contribution in [0.2, 0.25) is 5.02 Å². The van der Waals surface area contributed by atoms with Gasteiger partial charge in [0, 0.05) is 21.6 Å². The predicted octanol–water partition coefficient (Wildman–Crippen LogP) is 5.37. The highest BCUT2D eigenvalue weighted by atomic mass is 35.5. The van der Waals surface area contributed by atoms with Crippen molar-refractivity contribution in [1.29, 1.82) is 0 Å². The molecule has 0 fully saturated rings. The fraction of sp³-hybridized carbons (Fsp3) is 0.222. The van der Waals surface area contributed by atoms with Gasteiger partial charge in [0.15, 0.2) is 0 Å². The van der Waals surface area contributed by atoms with Crippen LogP contribution in [0.4, 0.5) is 0 Å². The lowest BCUT2D eigenvalue weighted by Crippen LogP contribution is -2.01. The Balaban J connectivity index is 1.84. The van der Waals surface area contributed by atoms with E-state index >= 15 is 0 Å². The summed E-state index contributed by atoms with van der Waals surface area (Å²) in [5, 5.41) is 2.09. The number of aromatic amines is 1. The van der Waals surface area contributed by atoms with Crippen LogP contribution in [0.25, 0.3) is 22.2 Å². The van der Waals surface area contributed by atoms with Crippen LogP contribution in [0.5, 0.6) is 0 Å². The Bertz CT molecular complexity index is 725. The van der Waals surface area contributed by atoms with Crippen molar-refractivity contribution < 1.29 is 0 Å². The molecule has 1 heterocycles. The second-order valence-corrected chi connectivity index (χ2v) is 6.04. The number of aromatic nitrogens is 1. The molecule has 1 aliphatic carbocycles. The van der Waals surface area contributed by atoms with E-state index < -0.39 is 0 Å². The molecule has 0 atom stereocenters. The van der Waals surface area contributed by atoms with Crippen LogP contribution in [-0.2, 0) is 12.8 Å². The Labute approximate surface area is 123 Å². The second kappa shape index (κ2) is 4.68. The molecule has 1 aromatic heterocycles. The molecule has 0 saturated carbocycles. The van der Waals surface area contributed by atoms with Crippen molar-refractivity contribution in [3.8, 4) is 11.3 Å². The van der Waals surface area contributed by atoms with Gasteiger partial charge in [0.2, 0.25) is 0 Å². The smallest absolute Gasteiger partial charge is 0.0464 e. The van der Waals surface area contributed by atoms with E-state index in [9.17, 15) is 0 Å². The molecule has 0 radical (unpaired) electrons. The summed E-state index contributed by atoms with van der Waals surface area (Å²) in [5.41, 5.74) is 6.65. The van der Waals surface area contributed by atoms with Gasteiger partial charge in [-0.2, -0.15) is 0 Å². The molecular formula is C18H16ClN. The van der Waals surface area contributed by atoms with E-state index in [4.69, 9.17) is 11.6 Å². The Morgan fingerprint density at radius 3 is 2.30 bits per heavy atom. The van der Waals surface area contributed by atoms with Crippen molar-refractivity contribution in [3.63, 3.8) is 0 Å². The number of fused-ring (bicyclic) bond motifs is 2. The van der Waals surface area contributed by atoms with Gasteiger partial charge in [0.05, 0.1) is 0 Å². The standard InChI is InChI=1S/C18H16ClN/c19-16-7-5-12(6-8-16)17-11-15-9-13-3-1-2-4-14(13)10-18(15)20-17/h5-11,20H,1-4H2. The monoisotopic (exact) mass is 281 g/mol. The average molecular weight is 282 g/mol. The molecule has 1 aliphatic rings. The van der Waals surface area contributed by atoms with E-state index in [1.165, 1.54) is 59.0 Å². The molecule has 0 aliphatic heterocycles. The summed E-state index contributed by atoms with van der Waals surface area (Å²) >= 11 is 5.95. The topological polar surface area (TPSA) is 15.8 Å². The number of H-pyrrole nitrogens is 1. The number of nitrogens with one attached hydrogen (secondary N) is 1. The Hall–Kier alpha value is -1.73. The summed E-state index contributed by atoms with van der Waals surface area (Å²) in [5.74, 6) is 0. The van der Waals surface area contributed by atoms with Crippen molar-refractivity contribution in [2.75, 3.05) is 0 Å². The fourth-order valence-corrected chi connectivity index (χ4v) is 3.28.